The summed E-state index contributed by atoms with van der Waals surface area (Å²) in [5, 5.41) is 3.59. The van der Waals surface area contributed by atoms with E-state index in [2.05, 4.69) is 50.5 Å². The average molecular weight is 294 g/mol. The van der Waals surface area contributed by atoms with E-state index < -0.39 is 0 Å². The highest BCUT2D eigenvalue weighted by Crippen LogP contribution is 2.38. The highest BCUT2D eigenvalue weighted by atomic mass is 15.2. The fraction of sp³-hybridized carbons (Fsp3) is 0.444. The van der Waals surface area contributed by atoms with Crippen molar-refractivity contribution >= 4 is 5.82 Å². The summed E-state index contributed by atoms with van der Waals surface area (Å²) in [6.45, 7) is 3.26. The van der Waals surface area contributed by atoms with Crippen LogP contribution in [0.5, 0.6) is 0 Å². The molecule has 0 amide bonds. The largest absolute Gasteiger partial charge is 0.366 e. The third kappa shape index (κ3) is 3.28. The number of aromatic nitrogens is 2. The predicted molar refractivity (Wildman–Crippen MR) is 87.8 cm³/mol. The molecule has 1 aliphatic carbocycles. The van der Waals surface area contributed by atoms with E-state index in [1.54, 1.807) is 0 Å². The SMILES string of the molecule is c1ccc(CN2CCC(Nc3ccnc(C4CC4)n3)C2)cc1. The van der Waals surface area contributed by atoms with Gasteiger partial charge in [0.15, 0.2) is 0 Å². The van der Waals surface area contributed by atoms with Crippen molar-refractivity contribution in [2.45, 2.75) is 37.8 Å². The van der Waals surface area contributed by atoms with Crippen molar-refractivity contribution in [3.63, 3.8) is 0 Å². The normalized spacial score (nSPS) is 21.9. The number of hydrogen-bond acceptors (Lipinski definition) is 4. The van der Waals surface area contributed by atoms with Crippen LogP contribution in [0.1, 0.15) is 36.6 Å². The zero-order valence-corrected chi connectivity index (χ0v) is 12.8. The number of nitrogens with zero attached hydrogens (tertiary/aromatic N) is 3. The molecular formula is C18H22N4. The van der Waals surface area contributed by atoms with Gasteiger partial charge in [0.25, 0.3) is 0 Å². The number of hydrogen-bond donors (Lipinski definition) is 1. The smallest absolute Gasteiger partial charge is 0.133 e. The van der Waals surface area contributed by atoms with Gasteiger partial charge in [0.1, 0.15) is 11.6 Å². The molecule has 1 saturated heterocycles. The summed E-state index contributed by atoms with van der Waals surface area (Å²) in [7, 11) is 0. The summed E-state index contributed by atoms with van der Waals surface area (Å²) in [6.07, 6.45) is 5.56. The summed E-state index contributed by atoms with van der Waals surface area (Å²) in [4.78, 5) is 11.6. The molecule has 1 aliphatic heterocycles. The second kappa shape index (κ2) is 6.05. The van der Waals surface area contributed by atoms with Gasteiger partial charge in [0, 0.05) is 37.8 Å². The molecule has 1 aromatic heterocycles. The van der Waals surface area contributed by atoms with E-state index >= 15 is 0 Å². The maximum Gasteiger partial charge on any atom is 0.133 e. The summed E-state index contributed by atoms with van der Waals surface area (Å²) in [6, 6.07) is 13.2. The van der Waals surface area contributed by atoms with E-state index in [4.69, 9.17) is 0 Å². The third-order valence-corrected chi connectivity index (χ3v) is 4.49. The summed E-state index contributed by atoms with van der Waals surface area (Å²) < 4.78 is 0. The molecule has 1 unspecified atom stereocenters. The number of anilines is 1. The van der Waals surface area contributed by atoms with Crippen LogP contribution in [0.25, 0.3) is 0 Å². The molecule has 2 aliphatic rings. The van der Waals surface area contributed by atoms with Gasteiger partial charge in [0.05, 0.1) is 0 Å². The van der Waals surface area contributed by atoms with Gasteiger partial charge in [0.2, 0.25) is 0 Å². The van der Waals surface area contributed by atoms with Crippen LogP contribution in [0.4, 0.5) is 5.82 Å². The third-order valence-electron chi connectivity index (χ3n) is 4.49. The quantitative estimate of drug-likeness (QED) is 0.920. The van der Waals surface area contributed by atoms with Gasteiger partial charge in [-0.05, 0) is 30.9 Å². The predicted octanol–water partition coefficient (Wildman–Crippen LogP) is 3.04. The summed E-state index contributed by atoms with van der Waals surface area (Å²) in [5.74, 6) is 2.62. The molecule has 0 spiro atoms. The van der Waals surface area contributed by atoms with E-state index in [9.17, 15) is 0 Å². The van der Waals surface area contributed by atoms with Crippen molar-refractivity contribution in [3.05, 3.63) is 54.0 Å². The van der Waals surface area contributed by atoms with Gasteiger partial charge in [-0.1, -0.05) is 30.3 Å². The summed E-state index contributed by atoms with van der Waals surface area (Å²) >= 11 is 0. The van der Waals surface area contributed by atoms with Gasteiger partial charge in [-0.3, -0.25) is 4.90 Å². The molecule has 4 rings (SSSR count). The van der Waals surface area contributed by atoms with Crippen LogP contribution < -0.4 is 5.32 Å². The van der Waals surface area contributed by atoms with E-state index in [0.29, 0.717) is 12.0 Å². The second-order valence-electron chi connectivity index (χ2n) is 6.43. The lowest BCUT2D eigenvalue weighted by Crippen LogP contribution is -2.26. The first-order chi connectivity index (χ1) is 10.9. The molecule has 1 aromatic carbocycles. The van der Waals surface area contributed by atoms with Crippen LogP contribution in [0.3, 0.4) is 0 Å². The van der Waals surface area contributed by atoms with Crippen LogP contribution in [-0.4, -0.2) is 34.0 Å². The van der Waals surface area contributed by atoms with Gasteiger partial charge >= 0.3 is 0 Å². The number of benzene rings is 1. The minimum Gasteiger partial charge on any atom is -0.366 e. The Kier molecular flexibility index (Phi) is 3.77. The van der Waals surface area contributed by atoms with Crippen molar-refractivity contribution in [1.29, 1.82) is 0 Å². The Morgan fingerprint density at radius 3 is 2.77 bits per heavy atom. The summed E-state index contributed by atoms with van der Waals surface area (Å²) in [5.41, 5.74) is 1.39. The van der Waals surface area contributed by atoms with Gasteiger partial charge in [-0.2, -0.15) is 0 Å². The highest BCUT2D eigenvalue weighted by Gasteiger charge is 2.27. The van der Waals surface area contributed by atoms with Crippen molar-refractivity contribution in [3.8, 4) is 0 Å². The fourth-order valence-corrected chi connectivity index (χ4v) is 3.14. The number of likely N-dealkylation sites (tertiary alicyclic amines) is 1. The molecule has 22 heavy (non-hydrogen) atoms. The minimum atomic E-state index is 0.491. The molecular weight excluding hydrogens is 272 g/mol. The van der Waals surface area contributed by atoms with Crippen molar-refractivity contribution in [1.82, 2.24) is 14.9 Å². The molecule has 2 heterocycles. The maximum absolute atomic E-state index is 4.67. The Hall–Kier alpha value is -1.94. The molecule has 0 radical (unpaired) electrons. The first-order valence-electron chi connectivity index (χ1n) is 8.22. The van der Waals surface area contributed by atoms with E-state index in [1.807, 2.05) is 12.3 Å². The Labute approximate surface area is 131 Å². The minimum absolute atomic E-state index is 0.491. The second-order valence-corrected chi connectivity index (χ2v) is 6.43. The monoisotopic (exact) mass is 294 g/mol. The van der Waals surface area contributed by atoms with Crippen LogP contribution in [0.2, 0.25) is 0 Å². The van der Waals surface area contributed by atoms with E-state index in [1.165, 1.54) is 24.8 Å². The number of rotatable bonds is 5. The molecule has 1 atom stereocenters. The van der Waals surface area contributed by atoms with E-state index in [-0.39, 0.29) is 0 Å². The van der Waals surface area contributed by atoms with Crippen LogP contribution in [-0.2, 0) is 6.54 Å². The lowest BCUT2D eigenvalue weighted by atomic mass is 10.2. The maximum atomic E-state index is 4.67. The molecule has 4 nitrogen and oxygen atoms in total. The van der Waals surface area contributed by atoms with Crippen LogP contribution in [0, 0.1) is 0 Å². The molecule has 2 fully saturated rings. The first kappa shape index (κ1) is 13.7. The Bertz CT molecular complexity index is 624. The molecule has 2 aromatic rings. The van der Waals surface area contributed by atoms with Gasteiger partial charge < -0.3 is 5.32 Å². The zero-order chi connectivity index (χ0) is 14.8. The first-order valence-corrected chi connectivity index (χ1v) is 8.22. The zero-order valence-electron chi connectivity index (χ0n) is 12.8. The Morgan fingerprint density at radius 1 is 1.09 bits per heavy atom. The van der Waals surface area contributed by atoms with Crippen molar-refractivity contribution in [2.75, 3.05) is 18.4 Å². The Balaban J connectivity index is 1.34. The molecule has 4 heteroatoms. The lowest BCUT2D eigenvalue weighted by Gasteiger charge is -2.17. The molecule has 0 bridgehead atoms. The average Bonchev–Trinajstić information content (AvgIpc) is 3.31. The molecule has 1 N–H and O–H groups in total. The molecule has 114 valence electrons. The topological polar surface area (TPSA) is 41.0 Å². The van der Waals surface area contributed by atoms with Crippen molar-refractivity contribution < 1.29 is 0 Å². The molecule has 1 saturated carbocycles. The van der Waals surface area contributed by atoms with Crippen LogP contribution >= 0.6 is 0 Å². The van der Waals surface area contributed by atoms with Gasteiger partial charge in [-0.15, -0.1) is 0 Å². The highest BCUT2D eigenvalue weighted by molar-refractivity contribution is 5.35. The van der Waals surface area contributed by atoms with Gasteiger partial charge in [-0.25, -0.2) is 9.97 Å². The standard InChI is InChI=1S/C18H22N4/c1-2-4-14(5-3-1)12-22-11-9-16(13-22)20-17-8-10-19-18(21-17)15-6-7-15/h1-5,8,10,15-16H,6-7,9,11-13H2,(H,19,20,21). The van der Waals surface area contributed by atoms with Crippen molar-refractivity contribution in [2.24, 2.45) is 0 Å². The van der Waals surface area contributed by atoms with Crippen LogP contribution in [0.15, 0.2) is 42.6 Å². The lowest BCUT2D eigenvalue weighted by molar-refractivity contribution is 0.328. The fourth-order valence-electron chi connectivity index (χ4n) is 3.14. The van der Waals surface area contributed by atoms with E-state index in [0.717, 1.165) is 31.3 Å². The number of nitrogens with one attached hydrogen (secondary N) is 1. The Morgan fingerprint density at radius 2 is 1.95 bits per heavy atom.